The molecule has 0 radical (unpaired) electrons. The van der Waals surface area contributed by atoms with E-state index >= 15 is 0 Å². The number of nitrogens with one attached hydrogen (secondary N) is 2. The van der Waals surface area contributed by atoms with Crippen LogP contribution in [0.15, 0.2) is 41.3 Å². The summed E-state index contributed by atoms with van der Waals surface area (Å²) in [7, 11) is -2.18. The number of rotatable bonds is 4. The molecule has 0 bridgehead atoms. The van der Waals surface area contributed by atoms with E-state index in [4.69, 9.17) is 28.9 Å². The molecule has 2 aromatic carbocycles. The van der Waals surface area contributed by atoms with Gasteiger partial charge in [0.1, 0.15) is 0 Å². The highest BCUT2D eigenvalue weighted by Gasteiger charge is 2.13. The Morgan fingerprint density at radius 2 is 1.67 bits per heavy atom. The van der Waals surface area contributed by atoms with E-state index in [-0.39, 0.29) is 4.90 Å². The predicted octanol–water partition coefficient (Wildman–Crippen LogP) is 3.23. The van der Waals surface area contributed by atoms with Crippen LogP contribution in [-0.4, -0.2) is 15.5 Å². The zero-order valence-electron chi connectivity index (χ0n) is 11.0. The van der Waals surface area contributed by atoms with Crippen LogP contribution in [0.25, 0.3) is 0 Å². The van der Waals surface area contributed by atoms with Gasteiger partial charge in [0.15, 0.2) is 0 Å². The molecule has 0 unspecified atom stereocenters. The normalized spacial score (nSPS) is 11.4. The maximum Gasteiger partial charge on any atom is 0.240 e. The van der Waals surface area contributed by atoms with Gasteiger partial charge in [-0.05, 0) is 43.4 Å². The van der Waals surface area contributed by atoms with Crippen molar-refractivity contribution >= 4 is 50.3 Å². The second-order valence-corrected chi connectivity index (χ2v) is 7.00. The third-order valence-corrected chi connectivity index (χ3v) is 4.59. The summed E-state index contributed by atoms with van der Waals surface area (Å²) in [6.07, 6.45) is 0. The van der Waals surface area contributed by atoms with E-state index in [1.165, 1.54) is 19.2 Å². The monoisotopic (exact) mass is 345 g/mol. The summed E-state index contributed by atoms with van der Waals surface area (Å²) in [5, 5.41) is 4.01. The number of halogens is 2. The van der Waals surface area contributed by atoms with Gasteiger partial charge in [0.05, 0.1) is 16.3 Å². The number of nitrogens with two attached hydrogens (primary N) is 1. The molecule has 2 rings (SSSR count). The highest BCUT2D eigenvalue weighted by Crippen LogP contribution is 2.29. The van der Waals surface area contributed by atoms with Crippen molar-refractivity contribution in [3.63, 3.8) is 0 Å². The molecule has 0 aromatic heterocycles. The number of benzene rings is 2. The van der Waals surface area contributed by atoms with Crippen molar-refractivity contribution in [2.45, 2.75) is 4.90 Å². The van der Waals surface area contributed by atoms with Crippen LogP contribution in [-0.2, 0) is 10.0 Å². The number of hydrogen-bond acceptors (Lipinski definition) is 4. The smallest absolute Gasteiger partial charge is 0.240 e. The van der Waals surface area contributed by atoms with E-state index in [0.29, 0.717) is 27.1 Å². The fraction of sp³-hybridized carbons (Fsp3) is 0.0769. The molecule has 21 heavy (non-hydrogen) atoms. The molecule has 0 saturated carbocycles. The largest absolute Gasteiger partial charge is 0.397 e. The van der Waals surface area contributed by atoms with Gasteiger partial charge in [-0.1, -0.05) is 23.2 Å². The molecule has 0 amide bonds. The molecule has 112 valence electrons. The number of hydrogen-bond donors (Lipinski definition) is 3. The summed E-state index contributed by atoms with van der Waals surface area (Å²) in [5.74, 6) is 0. The Labute approximate surface area is 133 Å². The first-order chi connectivity index (χ1) is 9.81. The first-order valence-corrected chi connectivity index (χ1v) is 8.12. The van der Waals surface area contributed by atoms with Gasteiger partial charge in [0, 0.05) is 15.7 Å². The molecule has 0 spiro atoms. The van der Waals surface area contributed by atoms with Gasteiger partial charge < -0.3 is 11.1 Å². The van der Waals surface area contributed by atoms with E-state index in [1.807, 2.05) is 0 Å². The molecule has 0 aliphatic rings. The summed E-state index contributed by atoms with van der Waals surface area (Å²) >= 11 is 11.8. The average molecular weight is 346 g/mol. The SMILES string of the molecule is CNS(=O)(=O)c1ccc(Nc2cc(Cl)cc(Cl)c2)c(N)c1. The third-order valence-electron chi connectivity index (χ3n) is 2.74. The first kappa shape index (κ1) is 15.9. The lowest BCUT2D eigenvalue weighted by molar-refractivity contribution is 0.588. The van der Waals surface area contributed by atoms with E-state index in [2.05, 4.69) is 10.0 Å². The van der Waals surface area contributed by atoms with Crippen molar-refractivity contribution < 1.29 is 8.42 Å². The van der Waals surface area contributed by atoms with Gasteiger partial charge in [-0.3, -0.25) is 0 Å². The van der Waals surface area contributed by atoms with Crippen LogP contribution in [0.5, 0.6) is 0 Å². The second kappa shape index (κ2) is 6.11. The van der Waals surface area contributed by atoms with Gasteiger partial charge >= 0.3 is 0 Å². The van der Waals surface area contributed by atoms with E-state index in [0.717, 1.165) is 0 Å². The highest BCUT2D eigenvalue weighted by molar-refractivity contribution is 7.89. The Kier molecular flexibility index (Phi) is 4.63. The van der Waals surface area contributed by atoms with Crippen LogP contribution < -0.4 is 15.8 Å². The van der Waals surface area contributed by atoms with Crippen molar-refractivity contribution in [1.29, 1.82) is 0 Å². The Morgan fingerprint density at radius 1 is 1.05 bits per heavy atom. The van der Waals surface area contributed by atoms with Gasteiger partial charge in [0.25, 0.3) is 0 Å². The van der Waals surface area contributed by atoms with Crippen molar-refractivity contribution in [3.05, 3.63) is 46.4 Å². The van der Waals surface area contributed by atoms with E-state index < -0.39 is 10.0 Å². The minimum Gasteiger partial charge on any atom is -0.397 e. The summed E-state index contributed by atoms with van der Waals surface area (Å²) in [6.45, 7) is 0. The zero-order valence-corrected chi connectivity index (χ0v) is 13.4. The summed E-state index contributed by atoms with van der Waals surface area (Å²) in [5.41, 5.74) is 7.38. The molecule has 0 aliphatic carbocycles. The molecule has 2 aromatic rings. The topological polar surface area (TPSA) is 84.2 Å². The van der Waals surface area contributed by atoms with Gasteiger partial charge in [-0.2, -0.15) is 0 Å². The molecule has 0 atom stereocenters. The predicted molar refractivity (Wildman–Crippen MR) is 86.8 cm³/mol. The first-order valence-electron chi connectivity index (χ1n) is 5.88. The maximum atomic E-state index is 11.7. The van der Waals surface area contributed by atoms with Crippen LogP contribution in [0.3, 0.4) is 0 Å². The molecular weight excluding hydrogens is 333 g/mol. The summed E-state index contributed by atoms with van der Waals surface area (Å²) < 4.78 is 25.6. The summed E-state index contributed by atoms with van der Waals surface area (Å²) in [4.78, 5) is 0.0946. The quantitative estimate of drug-likeness (QED) is 0.742. The van der Waals surface area contributed by atoms with E-state index in [9.17, 15) is 8.42 Å². The van der Waals surface area contributed by atoms with Crippen molar-refractivity contribution in [1.82, 2.24) is 4.72 Å². The number of nitrogen functional groups attached to an aromatic ring is 1. The molecule has 0 heterocycles. The minimum absolute atomic E-state index is 0.0946. The van der Waals surface area contributed by atoms with Crippen molar-refractivity contribution in [2.24, 2.45) is 0 Å². The standard InChI is InChI=1S/C13H13Cl2N3O2S/c1-17-21(19,20)11-2-3-13(12(16)7-11)18-10-5-8(14)4-9(15)6-10/h2-7,17-18H,16H2,1H3. The minimum atomic E-state index is -3.52. The van der Waals surface area contributed by atoms with E-state index in [1.54, 1.807) is 24.3 Å². The third kappa shape index (κ3) is 3.79. The number of sulfonamides is 1. The highest BCUT2D eigenvalue weighted by atomic mass is 35.5. The molecule has 5 nitrogen and oxygen atoms in total. The Morgan fingerprint density at radius 3 is 2.19 bits per heavy atom. The summed E-state index contributed by atoms with van der Waals surface area (Å²) in [6, 6.07) is 9.39. The molecule has 0 aliphatic heterocycles. The lowest BCUT2D eigenvalue weighted by Gasteiger charge is -2.12. The molecule has 4 N–H and O–H groups in total. The van der Waals surface area contributed by atoms with Crippen molar-refractivity contribution in [2.75, 3.05) is 18.1 Å². The molecule has 0 saturated heterocycles. The lowest BCUT2D eigenvalue weighted by atomic mass is 10.2. The van der Waals surface area contributed by atoms with Crippen LogP contribution in [0.1, 0.15) is 0 Å². The van der Waals surface area contributed by atoms with Crippen molar-refractivity contribution in [3.8, 4) is 0 Å². The molecular formula is C13H13Cl2N3O2S. The van der Waals surface area contributed by atoms with Crippen LogP contribution in [0.4, 0.5) is 17.1 Å². The number of anilines is 3. The fourth-order valence-electron chi connectivity index (χ4n) is 1.72. The van der Waals surface area contributed by atoms with Crippen LogP contribution >= 0.6 is 23.2 Å². The molecule has 0 fully saturated rings. The second-order valence-electron chi connectivity index (χ2n) is 4.24. The van der Waals surface area contributed by atoms with Gasteiger partial charge in [-0.15, -0.1) is 0 Å². The Bertz CT molecular complexity index is 759. The van der Waals surface area contributed by atoms with Crippen LogP contribution in [0.2, 0.25) is 10.0 Å². The Hall–Kier alpha value is -1.47. The molecule has 8 heteroatoms. The maximum absolute atomic E-state index is 11.7. The fourth-order valence-corrected chi connectivity index (χ4v) is 3.01. The van der Waals surface area contributed by atoms with Gasteiger partial charge in [0.2, 0.25) is 10.0 Å². The van der Waals surface area contributed by atoms with Crippen LogP contribution in [0, 0.1) is 0 Å². The Balaban J connectivity index is 2.34. The lowest BCUT2D eigenvalue weighted by Crippen LogP contribution is -2.18. The zero-order chi connectivity index (χ0) is 15.6. The average Bonchev–Trinajstić information content (AvgIpc) is 2.40. The van der Waals surface area contributed by atoms with Gasteiger partial charge in [-0.25, -0.2) is 13.1 Å².